The number of carbonyl (C=O) groups excluding carboxylic acids is 18. The standard InChI is InChI=1S/C89H143IN28O27/c1-41(2)31-55(77(135)105-50(19-14-28-100-87(94)95)71(129)112-59(76(134)103-45(9)86(144)145)36-48-22-25-63(121)49(90)34-48)110-79(137)57(33-43(5)6)114-85(143)70(46(10)120)118-75(133)52(21-16-30-102-89(98)99)106-78(136)56(32-42(3)4)111-82(140)61(38-68(127)128)115-84(142)69(44(7)8)117-74(132)51(20-15-29-101-88(96)97)107-80(138)58(35-47-17-12-11-13-18-47)113-83(141)62(40-119)116-73(131)53(23-26-64(92)122)108-72(130)54(24-27-67(125)126)109-81(139)60(37-65(93)123)104-66(124)39-91/h11-13,17-18,22,25,34,41-46,50-62,69-70,119-121H,14-16,19-21,23-24,26-33,35-40,91H2,1-10H3,(H2,92,122)(H2,93,123)(H,103,134)(H,104,124)(H,105,135)(H,106,136)(H,107,138)(H,108,130)(H,109,139)(H,110,137)(H,111,140)(H,112,129)(H,113,141)(H,114,143)(H,115,142)(H,116,131)(H,117,132)(H,118,133)(H,125,126)(H,127,128)(H,144,145)(H4,94,95,100)(H4,96,97,101)(H4,98,99,102)/t45-,46+,50-,51-,52-,53-,54-,55-,56-,57-,58-,59-,60-,61-,62-,69-,70-/m0/s1. The first kappa shape index (κ1) is 127. The van der Waals surface area contributed by atoms with Crippen molar-refractivity contribution in [2.24, 2.45) is 58.1 Å². The maximum atomic E-state index is 14.8. The van der Waals surface area contributed by atoms with E-state index in [-0.39, 0.29) is 95.5 Å². The smallest absolute Gasteiger partial charge is 0.325 e. The van der Waals surface area contributed by atoms with Gasteiger partial charge in [-0.2, -0.15) is 0 Å². The number of aliphatic hydroxyl groups is 2. The zero-order chi connectivity index (χ0) is 110. The Labute approximate surface area is 850 Å². The highest BCUT2D eigenvalue weighted by Gasteiger charge is 2.42. The van der Waals surface area contributed by atoms with Crippen LogP contribution in [0.3, 0.4) is 0 Å². The van der Waals surface area contributed by atoms with Gasteiger partial charge >= 0.3 is 17.9 Å². The Balaban J connectivity index is 2.65. The number of benzene rings is 2. The second kappa shape index (κ2) is 64.9. The fourth-order valence-electron chi connectivity index (χ4n) is 14.1. The van der Waals surface area contributed by atoms with E-state index in [2.05, 4.69) is 101 Å². The molecule has 55 nitrogen and oxygen atoms in total. The number of aliphatic hydroxyl groups excluding tert-OH is 2. The van der Waals surface area contributed by atoms with Gasteiger partial charge in [-0.1, -0.05) is 91.8 Å². The number of nitrogens with one attached hydrogen (secondary N) is 22. The van der Waals surface area contributed by atoms with Crippen molar-refractivity contribution in [3.8, 4) is 5.75 Å². The van der Waals surface area contributed by atoms with Gasteiger partial charge in [-0.15, -0.1) is 0 Å². The number of guanidine groups is 3. The molecule has 808 valence electrons. The van der Waals surface area contributed by atoms with Crippen LogP contribution in [-0.2, 0) is 114 Å². The van der Waals surface area contributed by atoms with E-state index < -0.39 is 321 Å². The van der Waals surface area contributed by atoms with E-state index >= 15 is 0 Å². The number of aliphatic carboxylic acids is 3. The van der Waals surface area contributed by atoms with Crippen molar-refractivity contribution in [2.75, 3.05) is 32.8 Å². The summed E-state index contributed by atoms with van der Waals surface area (Å²) in [6, 6.07) is -15.6. The van der Waals surface area contributed by atoms with E-state index in [0.717, 1.165) is 6.92 Å². The van der Waals surface area contributed by atoms with Crippen molar-refractivity contribution in [3.63, 3.8) is 0 Å². The lowest BCUT2D eigenvalue weighted by Gasteiger charge is -2.30. The number of hydrogen-bond donors (Lipinski definition) is 34. The number of aromatic hydroxyl groups is 1. The number of phenols is 1. The fraction of sp³-hybridized carbons (Fsp3) is 0.596. The number of phenolic OH excluding ortho intramolecular Hbond substituents is 1. The lowest BCUT2D eigenvalue weighted by molar-refractivity contribution is -0.142. The minimum Gasteiger partial charge on any atom is -0.507 e. The van der Waals surface area contributed by atoms with E-state index in [1.165, 1.54) is 51.1 Å². The molecule has 0 spiro atoms. The van der Waals surface area contributed by atoms with Gasteiger partial charge in [0.15, 0.2) is 17.9 Å². The van der Waals surface area contributed by atoms with Gasteiger partial charge in [0.05, 0.1) is 35.7 Å². The van der Waals surface area contributed by atoms with Crippen molar-refractivity contribution >= 4 is 165 Å². The summed E-state index contributed by atoms with van der Waals surface area (Å²) in [6.45, 7) is 13.0. The Morgan fingerprint density at radius 2 is 0.676 bits per heavy atom. The number of carboxylic acid groups (broad SMARTS) is 3. The molecule has 0 bridgehead atoms. The number of nitrogens with two attached hydrogens (primary N) is 6. The summed E-state index contributed by atoms with van der Waals surface area (Å²) < 4.78 is 0.377. The maximum Gasteiger partial charge on any atom is 0.325 e. The Morgan fingerprint density at radius 3 is 1.03 bits per heavy atom. The van der Waals surface area contributed by atoms with E-state index in [1.807, 2.05) is 22.6 Å². The van der Waals surface area contributed by atoms with Crippen molar-refractivity contribution in [1.29, 1.82) is 16.2 Å². The summed E-state index contributed by atoms with van der Waals surface area (Å²) in [6.07, 6.45) is -8.80. The Bertz CT molecular complexity index is 4820. The van der Waals surface area contributed by atoms with Crippen LogP contribution in [0.2, 0.25) is 0 Å². The number of carbonyl (C=O) groups is 21. The molecule has 145 heavy (non-hydrogen) atoms. The summed E-state index contributed by atoms with van der Waals surface area (Å²) in [7, 11) is 0. The maximum absolute atomic E-state index is 14.8. The van der Waals surface area contributed by atoms with Crippen molar-refractivity contribution in [1.82, 2.24) is 101 Å². The molecule has 0 aliphatic rings. The summed E-state index contributed by atoms with van der Waals surface area (Å²) >= 11 is 1.84. The molecule has 56 heteroatoms. The molecule has 18 amide bonds. The van der Waals surface area contributed by atoms with Gasteiger partial charge in [0.2, 0.25) is 106 Å². The molecule has 0 saturated carbocycles. The van der Waals surface area contributed by atoms with Gasteiger partial charge in [0.25, 0.3) is 0 Å². The molecule has 17 atom stereocenters. The predicted molar refractivity (Wildman–Crippen MR) is 529 cm³/mol. The molecule has 2 aromatic rings. The lowest BCUT2D eigenvalue weighted by Crippen LogP contribution is -2.62. The van der Waals surface area contributed by atoms with E-state index in [0.29, 0.717) is 14.7 Å². The Hall–Kier alpha value is -14.5. The van der Waals surface area contributed by atoms with Crippen LogP contribution in [0.15, 0.2) is 48.5 Å². The highest BCUT2D eigenvalue weighted by atomic mass is 127. The fourth-order valence-corrected chi connectivity index (χ4v) is 14.7. The van der Waals surface area contributed by atoms with E-state index in [9.17, 15) is 131 Å². The van der Waals surface area contributed by atoms with Crippen molar-refractivity contribution in [2.45, 2.75) is 281 Å². The summed E-state index contributed by atoms with van der Waals surface area (Å²) in [4.78, 5) is 289. The van der Waals surface area contributed by atoms with Crippen LogP contribution in [0.25, 0.3) is 0 Å². The van der Waals surface area contributed by atoms with Crippen LogP contribution in [0, 0.1) is 43.5 Å². The molecule has 0 aliphatic heterocycles. The molecule has 0 aromatic heterocycles. The van der Waals surface area contributed by atoms with Crippen LogP contribution in [0.5, 0.6) is 5.75 Å². The van der Waals surface area contributed by atoms with Crippen molar-refractivity contribution < 1.29 is 131 Å². The average molecular weight is 2160 g/mol. The minimum absolute atomic E-state index is 0.00927. The molecule has 0 fully saturated rings. The van der Waals surface area contributed by atoms with Crippen LogP contribution in [0.4, 0.5) is 0 Å². The van der Waals surface area contributed by atoms with Crippen LogP contribution in [-0.4, -0.2) is 308 Å². The normalized spacial score (nSPS) is 14.6. The van der Waals surface area contributed by atoms with Crippen LogP contribution < -0.4 is 135 Å². The average Bonchev–Trinajstić information content (AvgIpc) is 0.844. The highest BCUT2D eigenvalue weighted by molar-refractivity contribution is 14.1. The predicted octanol–water partition coefficient (Wildman–Crippen LogP) is -8.96. The molecule has 0 saturated heterocycles. The van der Waals surface area contributed by atoms with Crippen LogP contribution in [0.1, 0.15) is 177 Å². The summed E-state index contributed by atoms with van der Waals surface area (Å²) in [5, 5.41) is 131. The molecule has 40 N–H and O–H groups in total. The Morgan fingerprint density at radius 1 is 0.352 bits per heavy atom. The first-order valence-electron chi connectivity index (χ1n) is 46.7. The largest absolute Gasteiger partial charge is 0.507 e. The molecular weight excluding hydrogens is 2020 g/mol. The monoisotopic (exact) mass is 2160 g/mol. The van der Waals surface area contributed by atoms with E-state index in [4.69, 9.17) is 50.6 Å². The van der Waals surface area contributed by atoms with E-state index in [1.54, 1.807) is 59.7 Å². The topological polar surface area (TPSA) is 936 Å². The minimum atomic E-state index is -2.09. The number of halogens is 1. The molecular formula is C89H143IN28O27. The lowest BCUT2D eigenvalue weighted by atomic mass is 9.99. The third kappa shape index (κ3) is 49.9. The number of hydrogen-bond acceptors (Lipinski definition) is 28. The number of primary amides is 2. The SMILES string of the molecule is CC(C)C[C@H](NC(=O)[C@H](CC(=O)O)NC(=O)[C@@H](NC(=O)[C@H](CCCNC(=N)N)NC(=O)[C@H](Cc1ccccc1)NC(=O)[C@H](CO)NC(=O)[C@H](CCC(N)=O)NC(=O)[C@H](CCC(=O)O)NC(=O)[C@H](CC(N)=O)NC(=O)CN)C(C)C)C(=O)N[C@@H](CCCNC(=N)N)C(=O)N[C@H](C(=O)N[C@@H](CC(C)C)C(=O)N[C@@H](CC(C)C)C(=O)N[C@@H](CCCNC(=N)N)C(=O)N[C@@H](Cc1ccc(O)c(I)c1)C(=O)N[C@@H](C)C(=O)O)[C@@H](C)O. The Kier molecular flexibility index (Phi) is 56.7. The number of amides is 18. The molecule has 0 radical (unpaired) electrons. The van der Waals surface area contributed by atoms with Gasteiger partial charge in [0, 0.05) is 45.3 Å². The van der Waals surface area contributed by atoms with Gasteiger partial charge in [-0.05, 0) is 154 Å². The zero-order valence-corrected chi connectivity index (χ0v) is 84.6. The molecule has 2 aromatic carbocycles. The second-order valence-corrected chi connectivity index (χ2v) is 37.2. The number of carboxylic acids is 3. The van der Waals surface area contributed by atoms with Gasteiger partial charge in [0.1, 0.15) is 102 Å². The second-order valence-electron chi connectivity index (χ2n) is 36.0. The zero-order valence-electron chi connectivity index (χ0n) is 82.4. The molecule has 0 unspecified atom stereocenters. The first-order valence-corrected chi connectivity index (χ1v) is 47.8. The van der Waals surface area contributed by atoms with Gasteiger partial charge in [-0.25, -0.2) is 0 Å². The van der Waals surface area contributed by atoms with Gasteiger partial charge in [-0.3, -0.25) is 117 Å². The molecule has 2 rings (SSSR count). The van der Waals surface area contributed by atoms with Crippen molar-refractivity contribution in [3.05, 3.63) is 63.2 Å². The quantitative estimate of drug-likeness (QED) is 0.0127. The third-order valence-corrected chi connectivity index (χ3v) is 22.4. The summed E-state index contributed by atoms with van der Waals surface area (Å²) in [5.74, 6) is -28.7. The number of rotatable bonds is 68. The molecule has 0 heterocycles. The molecule has 0 aliphatic carbocycles. The van der Waals surface area contributed by atoms with Gasteiger partial charge < -0.3 is 166 Å². The third-order valence-electron chi connectivity index (χ3n) is 21.6. The summed E-state index contributed by atoms with van der Waals surface area (Å²) in [5.41, 5.74) is 33.3. The van der Waals surface area contributed by atoms with Crippen LogP contribution >= 0.6 is 22.6 Å². The highest BCUT2D eigenvalue weighted by Crippen LogP contribution is 2.23. The first-order chi connectivity index (χ1) is 67.9.